The lowest BCUT2D eigenvalue weighted by Gasteiger charge is -2.03. The molecule has 0 saturated carbocycles. The fraction of sp³-hybridized carbons (Fsp3) is 0.500. The monoisotopic (exact) mass is 258 g/mol. The van der Waals surface area contributed by atoms with E-state index >= 15 is 0 Å². The molecule has 0 aromatic carbocycles. The van der Waals surface area contributed by atoms with Crippen molar-refractivity contribution in [1.29, 1.82) is 0 Å². The molecule has 2 rings (SSSR count). The number of nitrogens with zero attached hydrogens (tertiary/aromatic N) is 2. The second-order valence-electron chi connectivity index (χ2n) is 3.48. The number of halogens is 1. The van der Waals surface area contributed by atoms with Crippen LogP contribution >= 0.6 is 11.6 Å². The molecule has 0 amide bonds. The second-order valence-corrected chi connectivity index (χ2v) is 3.79. The van der Waals surface area contributed by atoms with Gasteiger partial charge in [0.25, 0.3) is 11.6 Å². The van der Waals surface area contributed by atoms with Crippen LogP contribution in [0.2, 0.25) is 0 Å². The molecule has 0 bridgehead atoms. The summed E-state index contributed by atoms with van der Waals surface area (Å²) in [4.78, 5) is 27.3. The van der Waals surface area contributed by atoms with Gasteiger partial charge >= 0.3 is 5.97 Å². The fourth-order valence-corrected chi connectivity index (χ4v) is 1.71. The maximum atomic E-state index is 11.9. The molecule has 1 aliphatic rings. The summed E-state index contributed by atoms with van der Waals surface area (Å²) in [6, 6.07) is 0.189. The minimum atomic E-state index is -0.672. The van der Waals surface area contributed by atoms with Crippen molar-refractivity contribution in [2.45, 2.75) is 19.6 Å². The van der Waals surface area contributed by atoms with Gasteiger partial charge in [0.05, 0.1) is 25.2 Å². The van der Waals surface area contributed by atoms with Gasteiger partial charge in [-0.05, 0) is 6.92 Å². The minimum absolute atomic E-state index is 0.0885. The van der Waals surface area contributed by atoms with Crippen LogP contribution in [0.3, 0.4) is 0 Å². The number of alkyl halides is 1. The van der Waals surface area contributed by atoms with Crippen LogP contribution in [0.1, 0.15) is 17.3 Å². The Morgan fingerprint density at radius 3 is 3.18 bits per heavy atom. The predicted molar refractivity (Wildman–Crippen MR) is 59.6 cm³/mol. The van der Waals surface area contributed by atoms with E-state index in [2.05, 4.69) is 4.98 Å². The SMILES string of the molecule is CCOC(=O)c1cnc2n(c1=O)C[C@@H](CCl)O2. The summed E-state index contributed by atoms with van der Waals surface area (Å²) < 4.78 is 11.4. The molecule has 17 heavy (non-hydrogen) atoms. The van der Waals surface area contributed by atoms with Crippen molar-refractivity contribution >= 4 is 17.6 Å². The third-order valence-corrected chi connectivity index (χ3v) is 2.68. The molecule has 92 valence electrons. The number of ether oxygens (including phenoxy) is 2. The Bertz CT molecular complexity index is 500. The van der Waals surface area contributed by atoms with E-state index < -0.39 is 11.5 Å². The third-order valence-electron chi connectivity index (χ3n) is 2.34. The zero-order valence-corrected chi connectivity index (χ0v) is 9.94. The number of hydrogen-bond acceptors (Lipinski definition) is 5. The smallest absolute Gasteiger partial charge is 0.345 e. The van der Waals surface area contributed by atoms with Crippen molar-refractivity contribution in [3.8, 4) is 6.01 Å². The fourth-order valence-electron chi connectivity index (χ4n) is 1.55. The third kappa shape index (κ3) is 2.12. The van der Waals surface area contributed by atoms with Crippen LogP contribution in [0.5, 0.6) is 6.01 Å². The number of hydrogen-bond donors (Lipinski definition) is 0. The standard InChI is InChI=1S/C10H11ClN2O4/c1-2-16-9(15)7-4-12-10-13(8(7)14)5-6(3-11)17-10/h4,6H,2-3,5H2,1H3/t6-/m1/s1. The molecule has 1 aromatic heterocycles. The Labute approximate surface area is 102 Å². The maximum Gasteiger partial charge on any atom is 0.345 e. The average molecular weight is 259 g/mol. The number of aromatic nitrogens is 2. The molecule has 0 spiro atoms. The van der Waals surface area contributed by atoms with E-state index in [1.807, 2.05) is 0 Å². The highest BCUT2D eigenvalue weighted by molar-refractivity contribution is 6.18. The van der Waals surface area contributed by atoms with Crippen molar-refractivity contribution in [2.75, 3.05) is 12.5 Å². The number of carbonyl (C=O) groups excluding carboxylic acids is 1. The Morgan fingerprint density at radius 2 is 2.53 bits per heavy atom. The summed E-state index contributed by atoms with van der Waals surface area (Å²) >= 11 is 5.64. The van der Waals surface area contributed by atoms with Gasteiger partial charge < -0.3 is 9.47 Å². The summed E-state index contributed by atoms with van der Waals surface area (Å²) in [5, 5.41) is 0. The van der Waals surface area contributed by atoms with Crippen LogP contribution in [0.4, 0.5) is 0 Å². The van der Waals surface area contributed by atoms with Crippen LogP contribution in [0, 0.1) is 0 Å². The Balaban J connectivity index is 2.36. The molecule has 0 saturated heterocycles. The van der Waals surface area contributed by atoms with E-state index in [-0.39, 0.29) is 30.2 Å². The molecular formula is C10H11ClN2O4. The Hall–Kier alpha value is -1.56. The minimum Gasteiger partial charge on any atom is -0.462 e. The zero-order valence-electron chi connectivity index (χ0n) is 9.18. The van der Waals surface area contributed by atoms with E-state index in [4.69, 9.17) is 21.1 Å². The van der Waals surface area contributed by atoms with E-state index in [1.165, 1.54) is 10.8 Å². The normalized spacial score (nSPS) is 17.4. The topological polar surface area (TPSA) is 70.4 Å². The van der Waals surface area contributed by atoms with Crippen molar-refractivity contribution in [1.82, 2.24) is 9.55 Å². The van der Waals surface area contributed by atoms with Gasteiger partial charge in [0.15, 0.2) is 0 Å². The summed E-state index contributed by atoms with van der Waals surface area (Å²) in [6.07, 6.45) is 0.886. The van der Waals surface area contributed by atoms with Gasteiger partial charge in [0.2, 0.25) is 0 Å². The van der Waals surface area contributed by atoms with Gasteiger partial charge in [0, 0.05) is 0 Å². The van der Waals surface area contributed by atoms with E-state index in [9.17, 15) is 9.59 Å². The van der Waals surface area contributed by atoms with Crippen molar-refractivity contribution in [3.63, 3.8) is 0 Å². The Kier molecular flexibility index (Phi) is 3.33. The quantitative estimate of drug-likeness (QED) is 0.580. The van der Waals surface area contributed by atoms with Crippen LogP contribution in [-0.4, -0.2) is 34.1 Å². The number of esters is 1. The molecule has 0 unspecified atom stereocenters. The van der Waals surface area contributed by atoms with Crippen LogP contribution in [-0.2, 0) is 11.3 Å². The molecule has 0 fully saturated rings. The van der Waals surface area contributed by atoms with Gasteiger partial charge in [-0.2, -0.15) is 0 Å². The van der Waals surface area contributed by atoms with Gasteiger partial charge in [-0.3, -0.25) is 9.36 Å². The molecule has 2 heterocycles. The second kappa shape index (κ2) is 4.75. The van der Waals surface area contributed by atoms with E-state index in [1.54, 1.807) is 6.92 Å². The van der Waals surface area contributed by atoms with E-state index in [0.717, 1.165) is 0 Å². The van der Waals surface area contributed by atoms with Crippen LogP contribution < -0.4 is 10.3 Å². The summed E-state index contributed by atoms with van der Waals surface area (Å²) in [7, 11) is 0. The highest BCUT2D eigenvalue weighted by Crippen LogP contribution is 2.17. The molecule has 1 atom stereocenters. The Morgan fingerprint density at radius 1 is 1.76 bits per heavy atom. The summed E-state index contributed by atoms with van der Waals surface area (Å²) in [5.41, 5.74) is -0.546. The summed E-state index contributed by atoms with van der Waals surface area (Å²) in [5.74, 6) is -0.410. The summed E-state index contributed by atoms with van der Waals surface area (Å²) in [6.45, 7) is 2.18. The number of carbonyl (C=O) groups is 1. The van der Waals surface area contributed by atoms with Crippen molar-refractivity contribution < 1.29 is 14.3 Å². The largest absolute Gasteiger partial charge is 0.462 e. The van der Waals surface area contributed by atoms with Crippen LogP contribution in [0.15, 0.2) is 11.0 Å². The van der Waals surface area contributed by atoms with E-state index in [0.29, 0.717) is 6.54 Å². The first-order valence-corrected chi connectivity index (χ1v) is 5.70. The molecule has 7 heteroatoms. The lowest BCUT2D eigenvalue weighted by Crippen LogP contribution is -2.27. The van der Waals surface area contributed by atoms with Gasteiger partial charge in [-0.25, -0.2) is 9.78 Å². The molecule has 0 radical (unpaired) electrons. The van der Waals surface area contributed by atoms with Gasteiger partial charge in [0.1, 0.15) is 11.7 Å². The molecule has 0 N–H and O–H groups in total. The first-order chi connectivity index (χ1) is 8.17. The first-order valence-electron chi connectivity index (χ1n) is 5.17. The molecule has 1 aromatic rings. The highest BCUT2D eigenvalue weighted by Gasteiger charge is 2.27. The molecular weight excluding hydrogens is 248 g/mol. The lowest BCUT2D eigenvalue weighted by molar-refractivity contribution is 0.0523. The average Bonchev–Trinajstić information content (AvgIpc) is 2.73. The molecule has 6 nitrogen and oxygen atoms in total. The first kappa shape index (κ1) is 11.9. The molecule has 1 aliphatic heterocycles. The lowest BCUT2D eigenvalue weighted by atomic mass is 10.3. The maximum absolute atomic E-state index is 11.9. The molecule has 0 aliphatic carbocycles. The van der Waals surface area contributed by atoms with Gasteiger partial charge in [-0.1, -0.05) is 0 Å². The van der Waals surface area contributed by atoms with Crippen LogP contribution in [0.25, 0.3) is 0 Å². The number of rotatable bonds is 3. The van der Waals surface area contributed by atoms with Crippen molar-refractivity contribution in [2.24, 2.45) is 0 Å². The van der Waals surface area contributed by atoms with Gasteiger partial charge in [-0.15, -0.1) is 11.6 Å². The zero-order chi connectivity index (χ0) is 12.4. The predicted octanol–water partition coefficient (Wildman–Crippen LogP) is 0.420. The number of fused-ring (bicyclic) bond motifs is 1. The highest BCUT2D eigenvalue weighted by atomic mass is 35.5. The van der Waals surface area contributed by atoms with Crippen molar-refractivity contribution in [3.05, 3.63) is 22.1 Å².